The van der Waals surface area contributed by atoms with Crippen molar-refractivity contribution in [1.82, 2.24) is 4.90 Å². The number of nitrogens with zero attached hydrogens (tertiary/aromatic N) is 1. The van der Waals surface area contributed by atoms with Crippen LogP contribution >= 0.6 is 23.2 Å². The molecule has 0 aromatic heterocycles. The zero-order valence-corrected chi connectivity index (χ0v) is 10.9. The molecule has 0 saturated carbocycles. The second kappa shape index (κ2) is 5.41. The van der Waals surface area contributed by atoms with Gasteiger partial charge in [0, 0.05) is 14.1 Å². The molecule has 1 atom stereocenters. The molecule has 0 aliphatic rings. The predicted molar refractivity (Wildman–Crippen MR) is 68.2 cm³/mol. The Hall–Kier alpha value is -0.930. The zero-order valence-electron chi connectivity index (χ0n) is 9.42. The molecule has 1 amide bonds. The number of anilines is 1. The molecule has 0 aliphatic heterocycles. The normalized spacial score (nSPS) is 12.1. The van der Waals surface area contributed by atoms with Gasteiger partial charge in [-0.3, -0.25) is 4.79 Å². The summed E-state index contributed by atoms with van der Waals surface area (Å²) < 4.78 is 0. The van der Waals surface area contributed by atoms with Gasteiger partial charge < -0.3 is 10.2 Å². The lowest BCUT2D eigenvalue weighted by atomic mass is 10.2. The monoisotopic (exact) mass is 260 g/mol. The highest BCUT2D eigenvalue weighted by atomic mass is 35.5. The third-order valence-electron chi connectivity index (χ3n) is 2.13. The minimum atomic E-state index is -0.368. The van der Waals surface area contributed by atoms with Gasteiger partial charge in [0.1, 0.15) is 6.04 Å². The van der Waals surface area contributed by atoms with Crippen LogP contribution in [0.2, 0.25) is 10.0 Å². The van der Waals surface area contributed by atoms with E-state index in [0.29, 0.717) is 15.7 Å². The largest absolute Gasteiger partial charge is 0.371 e. The lowest BCUT2D eigenvalue weighted by Crippen LogP contribution is -2.36. The van der Waals surface area contributed by atoms with Gasteiger partial charge in [-0.15, -0.1) is 0 Å². The quantitative estimate of drug-likeness (QED) is 0.907. The molecule has 88 valence electrons. The summed E-state index contributed by atoms with van der Waals surface area (Å²) in [4.78, 5) is 13.2. The first-order valence-electron chi connectivity index (χ1n) is 4.85. The van der Waals surface area contributed by atoms with Crippen LogP contribution in [0, 0.1) is 0 Å². The lowest BCUT2D eigenvalue weighted by molar-refractivity contribution is -0.129. The number of amides is 1. The topological polar surface area (TPSA) is 32.3 Å². The van der Waals surface area contributed by atoms with Gasteiger partial charge in [-0.05, 0) is 19.1 Å². The van der Waals surface area contributed by atoms with Crippen LogP contribution < -0.4 is 5.32 Å². The van der Waals surface area contributed by atoms with Crippen LogP contribution in [0.3, 0.4) is 0 Å². The molecule has 1 N–H and O–H groups in total. The molecular weight excluding hydrogens is 247 g/mol. The SMILES string of the molecule is CC(Nc1c(Cl)cccc1Cl)C(=O)N(C)C. The summed E-state index contributed by atoms with van der Waals surface area (Å²) in [6, 6.07) is 4.84. The van der Waals surface area contributed by atoms with E-state index in [4.69, 9.17) is 23.2 Å². The van der Waals surface area contributed by atoms with E-state index < -0.39 is 0 Å². The van der Waals surface area contributed by atoms with E-state index in [1.165, 1.54) is 4.90 Å². The average Bonchev–Trinajstić information content (AvgIpc) is 2.22. The van der Waals surface area contributed by atoms with E-state index in [1.807, 2.05) is 0 Å². The van der Waals surface area contributed by atoms with Crippen molar-refractivity contribution in [3.05, 3.63) is 28.2 Å². The van der Waals surface area contributed by atoms with Gasteiger partial charge in [-0.2, -0.15) is 0 Å². The van der Waals surface area contributed by atoms with Gasteiger partial charge in [-0.25, -0.2) is 0 Å². The van der Waals surface area contributed by atoms with E-state index in [-0.39, 0.29) is 11.9 Å². The van der Waals surface area contributed by atoms with E-state index in [1.54, 1.807) is 39.2 Å². The molecule has 0 bridgehead atoms. The summed E-state index contributed by atoms with van der Waals surface area (Å²) in [7, 11) is 3.41. The van der Waals surface area contributed by atoms with Gasteiger partial charge in [-0.1, -0.05) is 29.3 Å². The minimum Gasteiger partial charge on any atom is -0.371 e. The van der Waals surface area contributed by atoms with Crippen LogP contribution in [0.4, 0.5) is 5.69 Å². The van der Waals surface area contributed by atoms with E-state index in [9.17, 15) is 4.79 Å². The Kier molecular flexibility index (Phi) is 4.44. The Morgan fingerprint density at radius 3 is 2.25 bits per heavy atom. The van der Waals surface area contributed by atoms with Crippen molar-refractivity contribution in [2.75, 3.05) is 19.4 Å². The molecule has 5 heteroatoms. The number of carbonyl (C=O) groups is 1. The summed E-state index contributed by atoms with van der Waals surface area (Å²) in [5.41, 5.74) is 0.591. The molecular formula is C11H14Cl2N2O. The van der Waals surface area contributed by atoms with Gasteiger partial charge in [0.2, 0.25) is 5.91 Å². The third-order valence-corrected chi connectivity index (χ3v) is 2.76. The smallest absolute Gasteiger partial charge is 0.244 e. The summed E-state index contributed by atoms with van der Waals surface area (Å²) >= 11 is 12.0. The number of halogens is 2. The fraction of sp³-hybridized carbons (Fsp3) is 0.364. The highest BCUT2D eigenvalue weighted by Gasteiger charge is 2.16. The van der Waals surface area contributed by atoms with Crippen LogP contribution in [-0.4, -0.2) is 30.9 Å². The van der Waals surface area contributed by atoms with E-state index >= 15 is 0 Å². The summed E-state index contributed by atoms with van der Waals surface area (Å²) in [5, 5.41) is 4.02. The van der Waals surface area contributed by atoms with E-state index in [2.05, 4.69) is 5.32 Å². The number of rotatable bonds is 3. The number of nitrogens with one attached hydrogen (secondary N) is 1. The first kappa shape index (κ1) is 13.1. The van der Waals surface area contributed by atoms with Crippen molar-refractivity contribution in [2.24, 2.45) is 0 Å². The summed E-state index contributed by atoms with van der Waals surface area (Å²) in [6.07, 6.45) is 0. The van der Waals surface area contributed by atoms with Crippen molar-refractivity contribution >= 4 is 34.8 Å². The Labute approximate surface area is 105 Å². The van der Waals surface area contributed by atoms with Crippen molar-refractivity contribution in [1.29, 1.82) is 0 Å². The number of para-hydroxylation sites is 1. The van der Waals surface area contributed by atoms with E-state index in [0.717, 1.165) is 0 Å². The number of hydrogen-bond donors (Lipinski definition) is 1. The van der Waals surface area contributed by atoms with Crippen molar-refractivity contribution in [2.45, 2.75) is 13.0 Å². The standard InChI is InChI=1S/C11H14Cl2N2O/c1-7(11(16)15(2)3)14-10-8(12)5-4-6-9(10)13/h4-7,14H,1-3H3. The van der Waals surface area contributed by atoms with Gasteiger partial charge >= 0.3 is 0 Å². The molecule has 1 aromatic rings. The van der Waals surface area contributed by atoms with Crippen LogP contribution in [0.5, 0.6) is 0 Å². The number of likely N-dealkylation sites (N-methyl/N-ethyl adjacent to an activating group) is 1. The lowest BCUT2D eigenvalue weighted by Gasteiger charge is -2.20. The van der Waals surface area contributed by atoms with Crippen LogP contribution in [0.1, 0.15) is 6.92 Å². The molecule has 0 fully saturated rings. The molecule has 0 spiro atoms. The summed E-state index contributed by atoms with van der Waals surface area (Å²) in [6.45, 7) is 1.77. The highest BCUT2D eigenvalue weighted by molar-refractivity contribution is 6.39. The minimum absolute atomic E-state index is 0.0315. The first-order chi connectivity index (χ1) is 7.43. The third kappa shape index (κ3) is 3.03. The van der Waals surface area contributed by atoms with Crippen molar-refractivity contribution in [3.8, 4) is 0 Å². The van der Waals surface area contributed by atoms with Gasteiger partial charge in [0.15, 0.2) is 0 Å². The molecule has 3 nitrogen and oxygen atoms in total. The maximum atomic E-state index is 11.6. The number of hydrogen-bond acceptors (Lipinski definition) is 2. The van der Waals surface area contributed by atoms with Gasteiger partial charge in [0.05, 0.1) is 15.7 Å². The fourth-order valence-electron chi connectivity index (χ4n) is 1.30. The first-order valence-corrected chi connectivity index (χ1v) is 5.60. The highest BCUT2D eigenvalue weighted by Crippen LogP contribution is 2.30. The molecule has 0 aliphatic carbocycles. The average molecular weight is 261 g/mol. The number of benzene rings is 1. The fourth-order valence-corrected chi connectivity index (χ4v) is 1.81. The zero-order chi connectivity index (χ0) is 12.3. The second-order valence-corrected chi connectivity index (χ2v) is 4.51. The molecule has 0 saturated heterocycles. The molecule has 1 unspecified atom stereocenters. The number of carbonyl (C=O) groups excluding carboxylic acids is 1. The Balaban J connectivity index is 2.85. The van der Waals surface area contributed by atoms with Crippen LogP contribution in [0.25, 0.3) is 0 Å². The molecule has 16 heavy (non-hydrogen) atoms. The molecule has 1 aromatic carbocycles. The van der Waals surface area contributed by atoms with Gasteiger partial charge in [0.25, 0.3) is 0 Å². The van der Waals surface area contributed by atoms with Crippen molar-refractivity contribution in [3.63, 3.8) is 0 Å². The predicted octanol–water partition coefficient (Wildman–Crippen LogP) is 2.88. The van der Waals surface area contributed by atoms with Crippen molar-refractivity contribution < 1.29 is 4.79 Å². The Bertz CT molecular complexity index is 373. The molecule has 0 heterocycles. The maximum Gasteiger partial charge on any atom is 0.244 e. The molecule has 1 rings (SSSR count). The van der Waals surface area contributed by atoms with Crippen LogP contribution in [0.15, 0.2) is 18.2 Å². The Morgan fingerprint density at radius 1 is 1.31 bits per heavy atom. The summed E-state index contributed by atoms with van der Waals surface area (Å²) in [5.74, 6) is -0.0315. The van der Waals surface area contributed by atoms with Crippen LogP contribution in [-0.2, 0) is 4.79 Å². The Morgan fingerprint density at radius 2 is 1.81 bits per heavy atom. The maximum absolute atomic E-state index is 11.6. The molecule has 0 radical (unpaired) electrons. The second-order valence-electron chi connectivity index (χ2n) is 3.70.